The third-order valence-electron chi connectivity index (χ3n) is 5.83. The fraction of sp³-hybridized carbons (Fsp3) is 0.348. The van der Waals surface area contributed by atoms with Crippen LogP contribution in [0, 0.1) is 17.2 Å². The molecule has 0 spiro atoms. The topological polar surface area (TPSA) is 108 Å². The molecule has 1 aromatic heterocycles. The smallest absolute Gasteiger partial charge is 0.159 e. The van der Waals surface area contributed by atoms with Gasteiger partial charge in [-0.25, -0.2) is 0 Å². The Bertz CT molecular complexity index is 1160. The molecule has 2 heterocycles. The van der Waals surface area contributed by atoms with Crippen LogP contribution in [0.1, 0.15) is 29.7 Å². The molecule has 4 rings (SSSR count). The highest BCUT2D eigenvalue weighted by Crippen LogP contribution is 2.35. The molecule has 3 aromatic rings. The number of nitrogens with two attached hydrogens (primary N) is 1. The van der Waals surface area contributed by atoms with Crippen LogP contribution in [0.5, 0.6) is 5.75 Å². The summed E-state index contributed by atoms with van der Waals surface area (Å²) in [5.41, 5.74) is 8.85. The van der Waals surface area contributed by atoms with Gasteiger partial charge < -0.3 is 20.5 Å². The van der Waals surface area contributed by atoms with Crippen LogP contribution in [0.4, 0.5) is 11.5 Å². The van der Waals surface area contributed by atoms with Crippen molar-refractivity contribution in [2.75, 3.05) is 37.4 Å². The van der Waals surface area contributed by atoms with Gasteiger partial charge in [-0.2, -0.15) is 10.4 Å². The zero-order valence-corrected chi connectivity index (χ0v) is 18.1. The lowest BCUT2D eigenvalue weighted by Crippen LogP contribution is -2.37. The highest BCUT2D eigenvalue weighted by molar-refractivity contribution is 6.32. The second-order valence-corrected chi connectivity index (χ2v) is 8.22. The zero-order chi connectivity index (χ0) is 22.0. The molecule has 0 amide bonds. The number of nitriles is 1. The van der Waals surface area contributed by atoms with Crippen molar-refractivity contribution in [2.24, 2.45) is 5.92 Å². The number of benzene rings is 2. The van der Waals surface area contributed by atoms with E-state index < -0.39 is 0 Å². The summed E-state index contributed by atoms with van der Waals surface area (Å²) in [4.78, 5) is 2.15. The Balaban J connectivity index is 1.81. The molecule has 160 valence electrons. The van der Waals surface area contributed by atoms with Gasteiger partial charge >= 0.3 is 0 Å². The first-order chi connectivity index (χ1) is 15.0. The van der Waals surface area contributed by atoms with Gasteiger partial charge in [-0.05, 0) is 48.6 Å². The van der Waals surface area contributed by atoms with Crippen LogP contribution in [0.2, 0.25) is 5.02 Å². The third kappa shape index (κ3) is 4.09. The van der Waals surface area contributed by atoms with Crippen molar-refractivity contribution in [3.05, 3.63) is 52.2 Å². The van der Waals surface area contributed by atoms with Crippen molar-refractivity contribution in [1.82, 2.24) is 10.2 Å². The molecule has 31 heavy (non-hydrogen) atoms. The number of nitrogen functional groups attached to an aromatic ring is 1. The van der Waals surface area contributed by atoms with Crippen LogP contribution in [-0.2, 0) is 6.42 Å². The maximum absolute atomic E-state index is 9.61. The molecule has 0 aliphatic carbocycles. The lowest BCUT2D eigenvalue weighted by molar-refractivity contribution is 0.208. The average Bonchev–Trinajstić information content (AvgIpc) is 2.79. The Hall–Kier alpha value is -3.08. The standard InChI is InChI=1S/C23H24ClN5O2/c1-31-20-7-4-14(9-18(20)24)10-19-21-17(6-5-16(11-25)22(21)26)23(28-27-19)29-8-2-3-15(12-29)13-30/h4-7,9,15,30H,2-3,8,10,12-13,26H2,1H3. The number of ether oxygens (including phenoxy) is 1. The van der Waals surface area contributed by atoms with Crippen molar-refractivity contribution >= 4 is 33.9 Å². The Labute approximate surface area is 186 Å². The van der Waals surface area contributed by atoms with E-state index in [9.17, 15) is 10.4 Å². The summed E-state index contributed by atoms with van der Waals surface area (Å²) in [6, 6.07) is 11.4. The Morgan fingerprint density at radius 1 is 1.32 bits per heavy atom. The molecule has 8 heteroatoms. The number of nitrogens with zero attached hydrogens (tertiary/aromatic N) is 4. The Morgan fingerprint density at radius 3 is 2.87 bits per heavy atom. The van der Waals surface area contributed by atoms with E-state index in [4.69, 9.17) is 22.1 Å². The van der Waals surface area contributed by atoms with Gasteiger partial charge in [-0.15, -0.1) is 5.10 Å². The first-order valence-electron chi connectivity index (χ1n) is 10.2. The maximum Gasteiger partial charge on any atom is 0.159 e. The van der Waals surface area contributed by atoms with Gasteiger partial charge in [-0.1, -0.05) is 17.7 Å². The first kappa shape index (κ1) is 21.2. The SMILES string of the molecule is COc1ccc(Cc2nnc(N3CCCC(CO)C3)c3ccc(C#N)c(N)c23)cc1Cl. The van der Waals surface area contributed by atoms with Crippen LogP contribution in [0.15, 0.2) is 30.3 Å². The summed E-state index contributed by atoms with van der Waals surface area (Å²) in [5, 5.41) is 30.3. The number of aliphatic hydroxyl groups is 1. The molecule has 2 aromatic carbocycles. The number of hydrogen-bond acceptors (Lipinski definition) is 7. The number of rotatable bonds is 5. The van der Waals surface area contributed by atoms with Crippen molar-refractivity contribution in [2.45, 2.75) is 19.3 Å². The van der Waals surface area contributed by atoms with Crippen molar-refractivity contribution in [1.29, 1.82) is 5.26 Å². The first-order valence-corrected chi connectivity index (χ1v) is 10.6. The molecule has 1 saturated heterocycles. The predicted molar refractivity (Wildman–Crippen MR) is 121 cm³/mol. The minimum absolute atomic E-state index is 0.152. The normalized spacial score (nSPS) is 16.3. The number of aromatic nitrogens is 2. The molecule has 0 saturated carbocycles. The molecular formula is C23H24ClN5O2. The van der Waals surface area contributed by atoms with E-state index in [0.717, 1.165) is 41.5 Å². The van der Waals surface area contributed by atoms with Gasteiger partial charge in [0.1, 0.15) is 11.8 Å². The monoisotopic (exact) mass is 437 g/mol. The van der Waals surface area contributed by atoms with Crippen LogP contribution in [0.25, 0.3) is 10.8 Å². The van der Waals surface area contributed by atoms with E-state index in [-0.39, 0.29) is 12.5 Å². The number of anilines is 2. The summed E-state index contributed by atoms with van der Waals surface area (Å²) >= 11 is 6.29. The predicted octanol–water partition coefficient (Wildman–Crippen LogP) is 3.55. The van der Waals surface area contributed by atoms with Gasteiger partial charge in [-0.3, -0.25) is 0 Å². The number of hydrogen-bond donors (Lipinski definition) is 2. The minimum Gasteiger partial charge on any atom is -0.495 e. The minimum atomic E-state index is 0.152. The summed E-state index contributed by atoms with van der Waals surface area (Å²) in [7, 11) is 1.57. The molecule has 1 fully saturated rings. The maximum atomic E-state index is 9.61. The third-order valence-corrected chi connectivity index (χ3v) is 6.12. The van der Waals surface area contributed by atoms with Gasteiger partial charge in [0.15, 0.2) is 5.82 Å². The number of piperidine rings is 1. The molecule has 3 N–H and O–H groups in total. The summed E-state index contributed by atoms with van der Waals surface area (Å²) in [6.45, 7) is 1.71. The lowest BCUT2D eigenvalue weighted by atomic mass is 9.97. The number of halogens is 1. The van der Waals surface area contributed by atoms with E-state index in [2.05, 4.69) is 21.2 Å². The van der Waals surface area contributed by atoms with E-state index in [1.54, 1.807) is 13.2 Å². The fourth-order valence-corrected chi connectivity index (χ4v) is 4.48. The van der Waals surface area contributed by atoms with E-state index >= 15 is 0 Å². The number of fused-ring (bicyclic) bond motifs is 1. The summed E-state index contributed by atoms with van der Waals surface area (Å²) in [6.07, 6.45) is 2.44. The van der Waals surface area contributed by atoms with Crippen molar-refractivity contribution in [3.63, 3.8) is 0 Å². The highest BCUT2D eigenvalue weighted by atomic mass is 35.5. The number of methoxy groups -OCH3 is 1. The molecule has 7 nitrogen and oxygen atoms in total. The van der Waals surface area contributed by atoms with Crippen molar-refractivity contribution in [3.8, 4) is 11.8 Å². The van der Waals surface area contributed by atoms with E-state index in [0.29, 0.717) is 40.7 Å². The Morgan fingerprint density at radius 2 is 2.16 bits per heavy atom. The van der Waals surface area contributed by atoms with Gasteiger partial charge in [0.2, 0.25) is 0 Å². The lowest BCUT2D eigenvalue weighted by Gasteiger charge is -2.33. The molecule has 0 bridgehead atoms. The highest BCUT2D eigenvalue weighted by Gasteiger charge is 2.24. The molecule has 1 atom stereocenters. The summed E-state index contributed by atoms with van der Waals surface area (Å²) < 4.78 is 5.23. The van der Waals surface area contributed by atoms with Gasteiger partial charge in [0, 0.05) is 36.9 Å². The fourth-order valence-electron chi connectivity index (χ4n) is 4.20. The Kier molecular flexibility index (Phi) is 6.12. The van der Waals surface area contributed by atoms with Gasteiger partial charge in [0.25, 0.3) is 0 Å². The second kappa shape index (κ2) is 8.96. The molecule has 1 aliphatic heterocycles. The quantitative estimate of drug-likeness (QED) is 0.587. The average molecular weight is 438 g/mol. The second-order valence-electron chi connectivity index (χ2n) is 7.81. The van der Waals surface area contributed by atoms with Crippen molar-refractivity contribution < 1.29 is 9.84 Å². The van der Waals surface area contributed by atoms with Crippen LogP contribution >= 0.6 is 11.6 Å². The zero-order valence-electron chi connectivity index (χ0n) is 17.3. The molecule has 0 radical (unpaired) electrons. The van der Waals surface area contributed by atoms with E-state index in [1.165, 1.54) is 0 Å². The summed E-state index contributed by atoms with van der Waals surface area (Å²) in [5.74, 6) is 1.55. The number of aliphatic hydroxyl groups excluding tert-OH is 1. The largest absolute Gasteiger partial charge is 0.495 e. The van der Waals surface area contributed by atoms with Crippen LogP contribution in [0.3, 0.4) is 0 Å². The van der Waals surface area contributed by atoms with Crippen LogP contribution < -0.4 is 15.4 Å². The molecular weight excluding hydrogens is 414 g/mol. The van der Waals surface area contributed by atoms with E-state index in [1.807, 2.05) is 24.3 Å². The molecule has 1 aliphatic rings. The van der Waals surface area contributed by atoms with Gasteiger partial charge in [0.05, 0.1) is 29.1 Å². The molecule has 1 unspecified atom stereocenters. The van der Waals surface area contributed by atoms with Crippen LogP contribution in [-0.4, -0.2) is 42.1 Å².